The van der Waals surface area contributed by atoms with Crippen molar-refractivity contribution in [3.63, 3.8) is 0 Å². The smallest absolute Gasteiger partial charge is 0.328 e. The lowest BCUT2D eigenvalue weighted by atomic mass is 10.0. The fourth-order valence-corrected chi connectivity index (χ4v) is 3.30. The third kappa shape index (κ3) is 6.52. The molecule has 2 rings (SSSR count). The Hall–Kier alpha value is -2.12. The molecule has 1 amide bonds. The summed E-state index contributed by atoms with van der Waals surface area (Å²) < 4.78 is 4.77. The lowest BCUT2D eigenvalue weighted by Crippen LogP contribution is -2.42. The number of aromatic nitrogens is 2. The van der Waals surface area contributed by atoms with E-state index in [0.29, 0.717) is 17.3 Å². The Labute approximate surface area is 168 Å². The number of methoxy groups -OCH3 is 1. The SMILES string of the molecule is COC(=O)C(CC(C)C)NC(=O)c1nc(SCc2ccccc2)ncc1Cl. The molecule has 0 bridgehead atoms. The summed E-state index contributed by atoms with van der Waals surface area (Å²) in [5.74, 6) is -0.157. The van der Waals surface area contributed by atoms with Gasteiger partial charge in [-0.25, -0.2) is 14.8 Å². The van der Waals surface area contributed by atoms with E-state index < -0.39 is 17.9 Å². The molecule has 0 radical (unpaired) electrons. The Kier molecular flexibility index (Phi) is 8.06. The Balaban J connectivity index is 2.11. The van der Waals surface area contributed by atoms with Crippen molar-refractivity contribution in [1.29, 1.82) is 0 Å². The maximum atomic E-state index is 12.6. The number of nitrogens with one attached hydrogen (secondary N) is 1. The van der Waals surface area contributed by atoms with Crippen LogP contribution in [0.5, 0.6) is 0 Å². The molecule has 0 saturated carbocycles. The molecule has 8 heteroatoms. The maximum absolute atomic E-state index is 12.6. The van der Waals surface area contributed by atoms with Crippen LogP contribution in [0.2, 0.25) is 5.02 Å². The third-order valence-corrected chi connectivity index (χ3v) is 4.86. The minimum Gasteiger partial charge on any atom is -0.467 e. The van der Waals surface area contributed by atoms with Crippen LogP contribution >= 0.6 is 23.4 Å². The third-order valence-electron chi connectivity index (χ3n) is 3.65. The fraction of sp³-hybridized carbons (Fsp3) is 0.368. The predicted octanol–water partition coefficient (Wildman–Crippen LogP) is 3.74. The first-order valence-electron chi connectivity index (χ1n) is 8.48. The minimum absolute atomic E-state index is 0.0416. The molecule has 1 unspecified atom stereocenters. The van der Waals surface area contributed by atoms with E-state index in [9.17, 15) is 9.59 Å². The van der Waals surface area contributed by atoms with Crippen molar-refractivity contribution < 1.29 is 14.3 Å². The standard InChI is InChI=1S/C19H22ClN3O3S/c1-12(2)9-15(18(25)26-3)22-17(24)16-14(20)10-21-19(23-16)27-11-13-7-5-4-6-8-13/h4-8,10,12,15H,9,11H2,1-3H3,(H,22,24). The Morgan fingerprint density at radius 2 is 1.96 bits per heavy atom. The number of ether oxygens (including phenoxy) is 1. The molecule has 1 N–H and O–H groups in total. The van der Waals surface area contributed by atoms with Gasteiger partial charge >= 0.3 is 5.97 Å². The lowest BCUT2D eigenvalue weighted by molar-refractivity contribution is -0.143. The van der Waals surface area contributed by atoms with Gasteiger partial charge in [0.15, 0.2) is 10.9 Å². The highest BCUT2D eigenvalue weighted by atomic mass is 35.5. The summed E-state index contributed by atoms with van der Waals surface area (Å²) in [4.78, 5) is 32.9. The van der Waals surface area contributed by atoms with E-state index >= 15 is 0 Å². The maximum Gasteiger partial charge on any atom is 0.328 e. The molecule has 0 saturated heterocycles. The second kappa shape index (κ2) is 10.3. The van der Waals surface area contributed by atoms with Crippen LogP contribution in [0.3, 0.4) is 0 Å². The molecule has 0 aliphatic carbocycles. The molecule has 27 heavy (non-hydrogen) atoms. The number of hydrogen-bond acceptors (Lipinski definition) is 6. The van der Waals surface area contributed by atoms with Crippen LogP contribution in [-0.4, -0.2) is 35.0 Å². The molecule has 1 aromatic heterocycles. The van der Waals surface area contributed by atoms with Crippen molar-refractivity contribution in [2.24, 2.45) is 5.92 Å². The largest absolute Gasteiger partial charge is 0.467 e. The van der Waals surface area contributed by atoms with E-state index in [-0.39, 0.29) is 16.6 Å². The molecule has 0 aliphatic heterocycles. The molecule has 1 heterocycles. The summed E-state index contributed by atoms with van der Waals surface area (Å²) in [6.07, 6.45) is 1.85. The average molecular weight is 408 g/mol. The van der Waals surface area contributed by atoms with Crippen molar-refractivity contribution in [2.75, 3.05) is 7.11 Å². The molecule has 0 aliphatic rings. The van der Waals surface area contributed by atoms with Crippen LogP contribution in [0.15, 0.2) is 41.7 Å². The van der Waals surface area contributed by atoms with Crippen molar-refractivity contribution in [3.8, 4) is 0 Å². The predicted molar refractivity (Wildman–Crippen MR) is 106 cm³/mol. The van der Waals surface area contributed by atoms with Crippen LogP contribution < -0.4 is 5.32 Å². The number of nitrogens with zero attached hydrogens (tertiary/aromatic N) is 2. The molecule has 0 spiro atoms. The number of amides is 1. The summed E-state index contributed by atoms with van der Waals surface area (Å²) >= 11 is 7.50. The zero-order chi connectivity index (χ0) is 19.8. The topological polar surface area (TPSA) is 81.2 Å². The van der Waals surface area contributed by atoms with Crippen molar-refractivity contribution in [2.45, 2.75) is 37.2 Å². The molecule has 1 aromatic carbocycles. The number of thioether (sulfide) groups is 1. The quantitative estimate of drug-likeness (QED) is 0.408. The zero-order valence-corrected chi connectivity index (χ0v) is 17.0. The van der Waals surface area contributed by atoms with E-state index in [1.165, 1.54) is 25.1 Å². The first-order valence-corrected chi connectivity index (χ1v) is 9.85. The van der Waals surface area contributed by atoms with Gasteiger partial charge in [-0.1, -0.05) is 67.5 Å². The second-order valence-electron chi connectivity index (χ2n) is 6.30. The zero-order valence-electron chi connectivity index (χ0n) is 15.4. The van der Waals surface area contributed by atoms with E-state index in [1.54, 1.807) is 0 Å². The lowest BCUT2D eigenvalue weighted by Gasteiger charge is -2.18. The summed E-state index contributed by atoms with van der Waals surface area (Å²) in [5, 5.41) is 3.23. The Morgan fingerprint density at radius 1 is 1.26 bits per heavy atom. The summed E-state index contributed by atoms with van der Waals surface area (Å²) in [7, 11) is 1.29. The number of carbonyl (C=O) groups is 2. The molecule has 2 aromatic rings. The number of carbonyl (C=O) groups excluding carboxylic acids is 2. The van der Waals surface area contributed by atoms with Gasteiger partial charge in [0.05, 0.1) is 18.3 Å². The van der Waals surface area contributed by atoms with Crippen LogP contribution in [0.4, 0.5) is 0 Å². The number of benzene rings is 1. The van der Waals surface area contributed by atoms with Crippen LogP contribution in [-0.2, 0) is 15.3 Å². The molecular formula is C19H22ClN3O3S. The highest BCUT2D eigenvalue weighted by molar-refractivity contribution is 7.98. The Morgan fingerprint density at radius 3 is 2.59 bits per heavy atom. The molecule has 0 fully saturated rings. The van der Waals surface area contributed by atoms with Gasteiger partial charge < -0.3 is 10.1 Å². The van der Waals surface area contributed by atoms with Gasteiger partial charge in [-0.2, -0.15) is 0 Å². The highest BCUT2D eigenvalue weighted by Gasteiger charge is 2.25. The first kappa shape index (κ1) is 21.2. The van der Waals surface area contributed by atoms with E-state index in [0.717, 1.165) is 5.56 Å². The second-order valence-corrected chi connectivity index (χ2v) is 7.65. The van der Waals surface area contributed by atoms with Gasteiger partial charge in [-0.3, -0.25) is 4.79 Å². The normalized spacial score (nSPS) is 11.9. The van der Waals surface area contributed by atoms with Gasteiger partial charge in [-0.15, -0.1) is 0 Å². The van der Waals surface area contributed by atoms with E-state index in [1.807, 2.05) is 44.2 Å². The minimum atomic E-state index is -0.756. The van der Waals surface area contributed by atoms with Crippen LogP contribution in [0, 0.1) is 5.92 Å². The summed E-state index contributed by atoms with van der Waals surface area (Å²) in [5.41, 5.74) is 1.16. The number of halogens is 1. The fourth-order valence-electron chi connectivity index (χ4n) is 2.36. The molecule has 144 valence electrons. The highest BCUT2D eigenvalue weighted by Crippen LogP contribution is 2.22. The van der Waals surface area contributed by atoms with Gasteiger partial charge in [0.2, 0.25) is 0 Å². The van der Waals surface area contributed by atoms with Crippen molar-refractivity contribution >= 4 is 35.2 Å². The van der Waals surface area contributed by atoms with Gasteiger partial charge in [0.25, 0.3) is 5.91 Å². The van der Waals surface area contributed by atoms with Gasteiger partial charge in [0, 0.05) is 5.75 Å². The van der Waals surface area contributed by atoms with Crippen molar-refractivity contribution in [3.05, 3.63) is 52.8 Å². The molecular weight excluding hydrogens is 386 g/mol. The first-order chi connectivity index (χ1) is 12.9. The van der Waals surface area contributed by atoms with Crippen molar-refractivity contribution in [1.82, 2.24) is 15.3 Å². The Bertz CT molecular complexity index is 787. The summed E-state index contributed by atoms with van der Waals surface area (Å²) in [6, 6.07) is 9.11. The monoisotopic (exact) mass is 407 g/mol. The number of rotatable bonds is 8. The van der Waals surface area contributed by atoms with Crippen LogP contribution in [0.1, 0.15) is 36.3 Å². The number of esters is 1. The summed E-state index contributed by atoms with van der Waals surface area (Å²) in [6.45, 7) is 3.91. The number of hydrogen-bond donors (Lipinski definition) is 1. The molecule has 1 atom stereocenters. The van der Waals surface area contributed by atoms with E-state index in [2.05, 4.69) is 15.3 Å². The van der Waals surface area contributed by atoms with Gasteiger partial charge in [0.1, 0.15) is 6.04 Å². The average Bonchev–Trinajstić information content (AvgIpc) is 2.66. The van der Waals surface area contributed by atoms with E-state index in [4.69, 9.17) is 16.3 Å². The molecule has 6 nitrogen and oxygen atoms in total. The van der Waals surface area contributed by atoms with Crippen LogP contribution in [0.25, 0.3) is 0 Å². The van der Waals surface area contributed by atoms with Gasteiger partial charge in [-0.05, 0) is 17.9 Å².